The first kappa shape index (κ1) is 19.3. The summed E-state index contributed by atoms with van der Waals surface area (Å²) in [6.45, 7) is 1.75. The third-order valence-electron chi connectivity index (χ3n) is 4.15. The summed E-state index contributed by atoms with van der Waals surface area (Å²) in [4.78, 5) is 33.8. The Morgan fingerprint density at radius 2 is 1.96 bits per heavy atom. The second kappa shape index (κ2) is 8.49. The number of aromatic nitrogens is 3. The van der Waals surface area contributed by atoms with Crippen LogP contribution in [0, 0.1) is 0 Å². The van der Waals surface area contributed by atoms with Crippen LogP contribution in [0.25, 0.3) is 11.0 Å². The van der Waals surface area contributed by atoms with Crippen LogP contribution in [0.4, 0.5) is 5.82 Å². The van der Waals surface area contributed by atoms with E-state index in [1.54, 1.807) is 24.3 Å². The fourth-order valence-corrected chi connectivity index (χ4v) is 2.63. The van der Waals surface area contributed by atoms with E-state index in [0.717, 1.165) is 12.1 Å². The first-order valence-electron chi connectivity index (χ1n) is 8.78. The zero-order valence-electron chi connectivity index (χ0n) is 15.7. The van der Waals surface area contributed by atoms with Gasteiger partial charge in [-0.2, -0.15) is 4.98 Å². The highest BCUT2D eigenvalue weighted by atomic mass is 16.5. The zero-order chi connectivity index (χ0) is 20.1. The minimum absolute atomic E-state index is 0.119. The lowest BCUT2D eigenvalue weighted by atomic mass is 10.1. The smallest absolute Gasteiger partial charge is 0.384 e. The van der Waals surface area contributed by atoms with Gasteiger partial charge in [0.15, 0.2) is 5.65 Å². The van der Waals surface area contributed by atoms with E-state index in [2.05, 4.69) is 20.6 Å². The van der Waals surface area contributed by atoms with Gasteiger partial charge >= 0.3 is 5.69 Å². The van der Waals surface area contributed by atoms with Crippen LogP contribution in [0.3, 0.4) is 0 Å². The van der Waals surface area contributed by atoms with Crippen molar-refractivity contribution in [2.75, 3.05) is 32.5 Å². The number of carbonyl (C=O) groups excluding carboxylic acids is 1. The highest BCUT2D eigenvalue weighted by Crippen LogP contribution is 2.17. The molecule has 9 nitrogen and oxygen atoms in total. The van der Waals surface area contributed by atoms with Crippen LogP contribution in [0.2, 0.25) is 0 Å². The van der Waals surface area contributed by atoms with Gasteiger partial charge < -0.3 is 20.7 Å². The number of fused-ring (bicyclic) bond motifs is 1. The lowest BCUT2D eigenvalue weighted by Gasteiger charge is -2.11. The second-order valence-corrected chi connectivity index (χ2v) is 6.54. The van der Waals surface area contributed by atoms with Gasteiger partial charge in [-0.15, -0.1) is 4.73 Å². The van der Waals surface area contributed by atoms with Crippen LogP contribution in [0.5, 0.6) is 0 Å². The molecule has 146 valence electrons. The Hall–Kier alpha value is -3.46. The Balaban J connectivity index is 1.67. The van der Waals surface area contributed by atoms with Crippen molar-refractivity contribution in [1.29, 1.82) is 0 Å². The molecule has 0 saturated carbocycles. The summed E-state index contributed by atoms with van der Waals surface area (Å²) in [7, 11) is 3.90. The van der Waals surface area contributed by atoms with Gasteiger partial charge in [0.05, 0.1) is 5.39 Å². The van der Waals surface area contributed by atoms with Gasteiger partial charge in [0.1, 0.15) is 5.82 Å². The fourth-order valence-electron chi connectivity index (χ4n) is 2.63. The van der Waals surface area contributed by atoms with E-state index in [-0.39, 0.29) is 11.6 Å². The van der Waals surface area contributed by atoms with E-state index in [1.807, 2.05) is 31.1 Å². The average Bonchev–Trinajstić information content (AvgIpc) is 2.69. The Kier molecular flexibility index (Phi) is 5.85. The van der Waals surface area contributed by atoms with Crippen molar-refractivity contribution in [2.45, 2.75) is 6.54 Å². The molecule has 0 aliphatic heterocycles. The van der Waals surface area contributed by atoms with Crippen LogP contribution >= 0.6 is 0 Å². The monoisotopic (exact) mass is 382 g/mol. The first-order valence-corrected chi connectivity index (χ1v) is 8.78. The molecule has 0 fully saturated rings. The molecule has 0 aliphatic carbocycles. The lowest BCUT2D eigenvalue weighted by Crippen LogP contribution is -2.31. The number of nitrogens with zero attached hydrogens (tertiary/aromatic N) is 4. The largest absolute Gasteiger partial charge is 0.422 e. The molecule has 1 aromatic carbocycles. The number of hydrogen-bond donors (Lipinski definition) is 3. The number of hydrogen-bond acceptors (Lipinski definition) is 7. The van der Waals surface area contributed by atoms with E-state index in [9.17, 15) is 14.8 Å². The normalized spacial score (nSPS) is 11.0. The summed E-state index contributed by atoms with van der Waals surface area (Å²) in [5.74, 6) is 0.218. The summed E-state index contributed by atoms with van der Waals surface area (Å²) in [5, 5.41) is 16.2. The summed E-state index contributed by atoms with van der Waals surface area (Å²) in [6, 6.07) is 10.6. The number of anilines is 1. The molecule has 2 heterocycles. The molecule has 0 radical (unpaired) electrons. The van der Waals surface area contributed by atoms with Gasteiger partial charge in [-0.05, 0) is 43.9 Å². The van der Waals surface area contributed by atoms with Crippen molar-refractivity contribution in [3.8, 4) is 0 Å². The maximum atomic E-state index is 12.1. The molecular formula is C19H22N6O3. The molecule has 0 unspecified atom stereocenters. The molecule has 9 heteroatoms. The van der Waals surface area contributed by atoms with Crippen molar-refractivity contribution in [3.05, 3.63) is 64.2 Å². The number of rotatable bonds is 7. The number of nitrogens with one attached hydrogen (secondary N) is 2. The van der Waals surface area contributed by atoms with Crippen LogP contribution in [0.1, 0.15) is 15.9 Å². The van der Waals surface area contributed by atoms with Crippen molar-refractivity contribution < 1.29 is 10.0 Å². The summed E-state index contributed by atoms with van der Waals surface area (Å²) in [6.07, 6.45) is 1.49. The van der Waals surface area contributed by atoms with E-state index in [0.29, 0.717) is 34.6 Å². The molecule has 3 aromatic rings. The van der Waals surface area contributed by atoms with Crippen molar-refractivity contribution in [2.24, 2.45) is 0 Å². The topological polar surface area (TPSA) is 112 Å². The molecule has 0 bridgehead atoms. The molecule has 3 N–H and O–H groups in total. The van der Waals surface area contributed by atoms with Crippen LogP contribution in [0.15, 0.2) is 47.4 Å². The summed E-state index contributed by atoms with van der Waals surface area (Å²) in [5.41, 5.74) is 0.822. The second-order valence-electron chi connectivity index (χ2n) is 6.54. The Morgan fingerprint density at radius 3 is 2.68 bits per heavy atom. The average molecular weight is 382 g/mol. The Morgan fingerprint density at radius 1 is 1.21 bits per heavy atom. The maximum Gasteiger partial charge on any atom is 0.384 e. The van der Waals surface area contributed by atoms with Gasteiger partial charge in [-0.3, -0.25) is 4.79 Å². The van der Waals surface area contributed by atoms with Gasteiger partial charge in [0.2, 0.25) is 0 Å². The standard InChI is InChI=1S/C19H22N6O3/c1-24(2)11-10-21-18(26)14-7-5-13(6-8-14)12-22-16-15-4-3-9-20-17(15)25(28)19(27)23-16/h3-9,28H,10-12H2,1-2H3,(H,21,26)(H,22,23,27). The van der Waals surface area contributed by atoms with E-state index < -0.39 is 5.69 Å². The van der Waals surface area contributed by atoms with E-state index >= 15 is 0 Å². The first-order chi connectivity index (χ1) is 13.5. The quantitative estimate of drug-likeness (QED) is 0.521. The minimum Gasteiger partial charge on any atom is -0.422 e. The third kappa shape index (κ3) is 4.44. The van der Waals surface area contributed by atoms with Gasteiger partial charge in [0, 0.05) is 31.4 Å². The predicted molar refractivity (Wildman–Crippen MR) is 106 cm³/mol. The van der Waals surface area contributed by atoms with Crippen LogP contribution in [-0.2, 0) is 6.54 Å². The molecule has 0 spiro atoms. The fraction of sp³-hybridized carbons (Fsp3) is 0.263. The molecule has 28 heavy (non-hydrogen) atoms. The molecular weight excluding hydrogens is 360 g/mol. The number of pyridine rings is 1. The van der Waals surface area contributed by atoms with Crippen molar-refractivity contribution >= 4 is 22.8 Å². The maximum absolute atomic E-state index is 12.1. The zero-order valence-corrected chi connectivity index (χ0v) is 15.7. The third-order valence-corrected chi connectivity index (χ3v) is 4.15. The molecule has 3 rings (SSSR count). The molecule has 0 aliphatic rings. The van der Waals surface area contributed by atoms with Gasteiger partial charge in [-0.25, -0.2) is 9.78 Å². The van der Waals surface area contributed by atoms with E-state index in [1.165, 1.54) is 6.20 Å². The predicted octanol–water partition coefficient (Wildman–Crippen LogP) is 0.932. The van der Waals surface area contributed by atoms with Gasteiger partial charge in [-0.1, -0.05) is 12.1 Å². The minimum atomic E-state index is -0.807. The highest BCUT2D eigenvalue weighted by molar-refractivity contribution is 5.94. The number of carbonyl (C=O) groups is 1. The van der Waals surface area contributed by atoms with Gasteiger partial charge in [0.25, 0.3) is 5.91 Å². The molecule has 0 atom stereocenters. The van der Waals surface area contributed by atoms with Crippen LogP contribution < -0.4 is 16.3 Å². The van der Waals surface area contributed by atoms with Crippen molar-refractivity contribution in [3.63, 3.8) is 0 Å². The Bertz CT molecular complexity index is 1030. The molecule has 2 aromatic heterocycles. The lowest BCUT2D eigenvalue weighted by molar-refractivity contribution is 0.0951. The number of amides is 1. The Labute approximate surface area is 161 Å². The summed E-state index contributed by atoms with van der Waals surface area (Å²) >= 11 is 0. The summed E-state index contributed by atoms with van der Waals surface area (Å²) < 4.78 is 0.421. The van der Waals surface area contributed by atoms with Crippen molar-refractivity contribution in [1.82, 2.24) is 24.9 Å². The number of benzene rings is 1. The number of likely N-dealkylation sites (N-methyl/N-ethyl adjacent to an activating group) is 1. The molecule has 0 saturated heterocycles. The SMILES string of the molecule is CN(C)CCNC(=O)c1ccc(CNc2nc(=O)n(O)c3ncccc23)cc1. The molecule has 1 amide bonds. The highest BCUT2D eigenvalue weighted by Gasteiger charge is 2.10. The van der Waals surface area contributed by atoms with Crippen LogP contribution in [-0.4, -0.2) is 57.9 Å². The van der Waals surface area contributed by atoms with E-state index in [4.69, 9.17) is 0 Å².